The SMILES string of the molecule is Cl.NC(=O)C1=NN(c2ccc(OCC(=O)O)cc2)C(C2CCNCC2)S1. The first-order valence-corrected chi connectivity index (χ1v) is 8.92. The Kier molecular flexibility index (Phi) is 7.13. The van der Waals surface area contributed by atoms with Gasteiger partial charge in [0.2, 0.25) is 0 Å². The third-order valence-electron chi connectivity index (χ3n) is 4.13. The monoisotopic (exact) mass is 400 g/mol. The molecule has 0 bridgehead atoms. The smallest absolute Gasteiger partial charge is 0.341 e. The molecule has 1 aromatic rings. The van der Waals surface area contributed by atoms with Crippen LogP contribution in [0.3, 0.4) is 0 Å². The molecule has 26 heavy (non-hydrogen) atoms. The predicted molar refractivity (Wildman–Crippen MR) is 103 cm³/mol. The van der Waals surface area contributed by atoms with Gasteiger partial charge in [0.25, 0.3) is 5.91 Å². The first kappa shape index (κ1) is 20.3. The summed E-state index contributed by atoms with van der Waals surface area (Å²) in [5, 5.41) is 18.6. The molecule has 0 spiro atoms. The fraction of sp³-hybridized carbons (Fsp3) is 0.438. The van der Waals surface area contributed by atoms with Gasteiger partial charge >= 0.3 is 5.97 Å². The average Bonchev–Trinajstić information content (AvgIpc) is 3.07. The summed E-state index contributed by atoms with van der Waals surface area (Å²) in [4.78, 5) is 22.1. The minimum Gasteiger partial charge on any atom is -0.482 e. The van der Waals surface area contributed by atoms with E-state index in [9.17, 15) is 9.59 Å². The third kappa shape index (κ3) is 4.80. The summed E-state index contributed by atoms with van der Waals surface area (Å²) in [6, 6.07) is 7.00. The summed E-state index contributed by atoms with van der Waals surface area (Å²) in [5.41, 5.74) is 6.23. The van der Waals surface area contributed by atoms with Crippen LogP contribution in [-0.4, -0.2) is 47.1 Å². The summed E-state index contributed by atoms with van der Waals surface area (Å²) >= 11 is 1.41. The number of carboxylic acids is 1. The summed E-state index contributed by atoms with van der Waals surface area (Å²) in [7, 11) is 0. The molecule has 2 aliphatic rings. The number of ether oxygens (including phenoxy) is 1. The fourth-order valence-electron chi connectivity index (χ4n) is 2.92. The summed E-state index contributed by atoms with van der Waals surface area (Å²) in [5.74, 6) is -0.681. The molecule has 4 N–H and O–H groups in total. The maximum Gasteiger partial charge on any atom is 0.341 e. The summed E-state index contributed by atoms with van der Waals surface area (Å²) in [6.45, 7) is 1.51. The Morgan fingerprint density at radius 1 is 1.31 bits per heavy atom. The first-order valence-electron chi connectivity index (χ1n) is 8.04. The van der Waals surface area contributed by atoms with Crippen molar-refractivity contribution in [2.75, 3.05) is 24.7 Å². The number of carbonyl (C=O) groups excluding carboxylic acids is 1. The minimum atomic E-state index is -1.03. The van der Waals surface area contributed by atoms with Gasteiger partial charge in [-0.2, -0.15) is 5.10 Å². The van der Waals surface area contributed by atoms with E-state index in [1.54, 1.807) is 24.3 Å². The highest BCUT2D eigenvalue weighted by molar-refractivity contribution is 8.16. The van der Waals surface area contributed by atoms with E-state index in [0.717, 1.165) is 31.6 Å². The molecule has 8 nitrogen and oxygen atoms in total. The van der Waals surface area contributed by atoms with Crippen LogP contribution in [0.25, 0.3) is 0 Å². The van der Waals surface area contributed by atoms with E-state index in [-0.39, 0.29) is 24.4 Å². The molecule has 1 fully saturated rings. The Morgan fingerprint density at radius 3 is 2.54 bits per heavy atom. The van der Waals surface area contributed by atoms with Gasteiger partial charge in [0.05, 0.1) is 5.69 Å². The standard InChI is InChI=1S/C16H20N4O4S.ClH/c17-14(23)15-19-20(16(25-15)10-5-7-18-8-6-10)11-1-3-12(4-2-11)24-9-13(21)22;/h1-4,10,16,18H,5-9H2,(H2,17,23)(H,21,22);1H. The number of rotatable bonds is 6. The molecular weight excluding hydrogens is 380 g/mol. The van der Waals surface area contributed by atoms with Crippen molar-refractivity contribution < 1.29 is 19.4 Å². The van der Waals surface area contributed by atoms with Crippen molar-refractivity contribution in [1.82, 2.24) is 5.32 Å². The number of aliphatic carboxylic acids is 1. The van der Waals surface area contributed by atoms with E-state index < -0.39 is 11.9 Å². The molecule has 2 aliphatic heterocycles. The van der Waals surface area contributed by atoms with E-state index in [1.807, 2.05) is 5.01 Å². The number of hydrazone groups is 1. The summed E-state index contributed by atoms with van der Waals surface area (Å²) in [6.07, 6.45) is 2.02. The number of nitrogens with zero attached hydrogens (tertiary/aromatic N) is 2. The topological polar surface area (TPSA) is 117 Å². The second kappa shape index (κ2) is 9.11. The molecule has 2 heterocycles. The van der Waals surface area contributed by atoms with Crippen molar-refractivity contribution in [1.29, 1.82) is 0 Å². The number of nitrogens with two attached hydrogens (primary N) is 1. The van der Waals surface area contributed by atoms with E-state index in [4.69, 9.17) is 15.6 Å². The number of nitrogens with one attached hydrogen (secondary N) is 1. The van der Waals surface area contributed by atoms with Gasteiger partial charge in [-0.25, -0.2) is 4.79 Å². The van der Waals surface area contributed by atoms with Crippen molar-refractivity contribution in [3.63, 3.8) is 0 Å². The fourth-order valence-corrected chi connectivity index (χ4v) is 4.13. The van der Waals surface area contributed by atoms with Crippen molar-refractivity contribution in [2.45, 2.75) is 18.2 Å². The molecule has 0 radical (unpaired) electrons. The maximum absolute atomic E-state index is 11.6. The van der Waals surface area contributed by atoms with Crippen LogP contribution in [0.4, 0.5) is 5.69 Å². The van der Waals surface area contributed by atoms with Crippen molar-refractivity contribution in [3.8, 4) is 5.75 Å². The zero-order valence-electron chi connectivity index (χ0n) is 14.0. The Labute approximate surface area is 161 Å². The number of hydrogen-bond donors (Lipinski definition) is 3. The molecule has 142 valence electrons. The molecule has 0 saturated carbocycles. The molecule has 3 rings (SSSR count). The number of hydrogen-bond acceptors (Lipinski definition) is 7. The molecule has 0 aromatic heterocycles. The van der Waals surface area contributed by atoms with Gasteiger partial charge in [0.15, 0.2) is 11.7 Å². The van der Waals surface area contributed by atoms with Crippen molar-refractivity contribution in [3.05, 3.63) is 24.3 Å². The van der Waals surface area contributed by atoms with Gasteiger partial charge in [-0.1, -0.05) is 11.8 Å². The van der Waals surface area contributed by atoms with Gasteiger partial charge < -0.3 is 20.9 Å². The number of carboxylic acid groups (broad SMARTS) is 1. The molecule has 1 saturated heterocycles. The maximum atomic E-state index is 11.6. The first-order chi connectivity index (χ1) is 12.0. The molecule has 0 aliphatic carbocycles. The lowest BCUT2D eigenvalue weighted by atomic mass is 9.97. The van der Waals surface area contributed by atoms with Crippen LogP contribution in [0.5, 0.6) is 5.75 Å². The third-order valence-corrected chi connectivity index (χ3v) is 5.47. The molecular formula is C16H21ClN4O4S. The zero-order chi connectivity index (χ0) is 17.8. The zero-order valence-corrected chi connectivity index (χ0v) is 15.6. The van der Waals surface area contributed by atoms with E-state index >= 15 is 0 Å². The average molecular weight is 401 g/mol. The Hall–Kier alpha value is -1.97. The van der Waals surface area contributed by atoms with Gasteiger partial charge in [0.1, 0.15) is 11.1 Å². The molecule has 1 atom stereocenters. The number of amides is 1. The quantitative estimate of drug-likeness (QED) is 0.657. The Balaban J connectivity index is 0.00000243. The number of primary amides is 1. The number of piperidine rings is 1. The lowest BCUT2D eigenvalue weighted by Crippen LogP contribution is -2.38. The van der Waals surface area contributed by atoms with E-state index in [1.165, 1.54) is 11.8 Å². The van der Waals surface area contributed by atoms with Gasteiger partial charge in [-0.3, -0.25) is 9.80 Å². The van der Waals surface area contributed by atoms with Crippen molar-refractivity contribution in [2.24, 2.45) is 16.8 Å². The number of benzene rings is 1. The van der Waals surface area contributed by atoms with Crippen LogP contribution in [-0.2, 0) is 9.59 Å². The number of anilines is 1. The predicted octanol–water partition coefficient (Wildman–Crippen LogP) is 1.25. The number of thioether (sulfide) groups is 1. The van der Waals surface area contributed by atoms with Crippen LogP contribution >= 0.6 is 24.2 Å². The van der Waals surface area contributed by atoms with Gasteiger partial charge in [-0.05, 0) is 56.1 Å². The molecule has 1 aromatic carbocycles. The normalized spacial score (nSPS) is 20.2. The second-order valence-corrected chi connectivity index (χ2v) is 6.99. The van der Waals surface area contributed by atoms with Crippen LogP contribution in [0, 0.1) is 5.92 Å². The minimum absolute atomic E-state index is 0. The lowest BCUT2D eigenvalue weighted by molar-refractivity contribution is -0.139. The van der Waals surface area contributed by atoms with Crippen LogP contribution < -0.4 is 20.8 Å². The van der Waals surface area contributed by atoms with Crippen LogP contribution in [0.15, 0.2) is 29.4 Å². The Bertz CT molecular complexity index is 679. The Morgan fingerprint density at radius 2 is 1.96 bits per heavy atom. The highest BCUT2D eigenvalue weighted by Gasteiger charge is 2.37. The number of halogens is 1. The lowest BCUT2D eigenvalue weighted by Gasteiger charge is -2.32. The highest BCUT2D eigenvalue weighted by Crippen LogP contribution is 2.39. The van der Waals surface area contributed by atoms with Gasteiger partial charge in [0, 0.05) is 0 Å². The molecule has 1 amide bonds. The molecule has 10 heteroatoms. The van der Waals surface area contributed by atoms with Crippen LogP contribution in [0.1, 0.15) is 12.8 Å². The van der Waals surface area contributed by atoms with E-state index in [2.05, 4.69) is 10.4 Å². The second-order valence-electron chi connectivity index (χ2n) is 5.89. The van der Waals surface area contributed by atoms with Crippen molar-refractivity contribution >= 4 is 46.8 Å². The molecule has 1 unspecified atom stereocenters. The number of carbonyl (C=O) groups is 2. The highest BCUT2D eigenvalue weighted by atomic mass is 35.5. The largest absolute Gasteiger partial charge is 0.482 e. The summed E-state index contributed by atoms with van der Waals surface area (Å²) < 4.78 is 5.15. The van der Waals surface area contributed by atoms with E-state index in [0.29, 0.717) is 16.7 Å². The van der Waals surface area contributed by atoms with Crippen LogP contribution in [0.2, 0.25) is 0 Å². The van der Waals surface area contributed by atoms with Gasteiger partial charge in [-0.15, -0.1) is 12.4 Å².